The van der Waals surface area contributed by atoms with Gasteiger partial charge in [0, 0.05) is 19.1 Å². The van der Waals surface area contributed by atoms with Crippen LogP contribution in [0.5, 0.6) is 0 Å². The van der Waals surface area contributed by atoms with Crippen molar-refractivity contribution in [3.8, 4) is 33.6 Å². The number of likely N-dealkylation sites (N-methyl/N-ethyl adjacent to an activating group) is 1. The Bertz CT molecular complexity index is 2180. The van der Waals surface area contributed by atoms with E-state index in [1.807, 2.05) is 40.4 Å². The summed E-state index contributed by atoms with van der Waals surface area (Å²) in [7, 11) is 1.35. The summed E-state index contributed by atoms with van der Waals surface area (Å²) >= 11 is 0. The van der Waals surface area contributed by atoms with E-state index in [4.69, 9.17) is 14.7 Å². The first-order valence-corrected chi connectivity index (χ1v) is 20.9. The van der Waals surface area contributed by atoms with Gasteiger partial charge in [-0.1, -0.05) is 99.1 Å². The Kier molecular flexibility index (Phi) is 11.7. The summed E-state index contributed by atoms with van der Waals surface area (Å²) in [5.74, 6) is 1.59. The van der Waals surface area contributed by atoms with Crippen molar-refractivity contribution in [3.63, 3.8) is 0 Å². The van der Waals surface area contributed by atoms with Crippen molar-refractivity contribution in [2.45, 2.75) is 83.0 Å². The quantitative estimate of drug-likeness (QED) is 0.116. The van der Waals surface area contributed by atoms with E-state index in [9.17, 15) is 14.4 Å². The number of aromatic nitrogens is 4. The highest BCUT2D eigenvalue weighted by Crippen LogP contribution is 2.38. The van der Waals surface area contributed by atoms with E-state index in [2.05, 4.69) is 94.7 Å². The first kappa shape index (κ1) is 39.1. The number of H-pyrrole nitrogens is 2. The van der Waals surface area contributed by atoms with Gasteiger partial charge in [-0.15, -0.1) is 0 Å². The smallest absolute Gasteiger partial charge is 0.407 e. The van der Waals surface area contributed by atoms with Crippen LogP contribution in [-0.2, 0) is 14.3 Å². The molecule has 302 valence electrons. The van der Waals surface area contributed by atoms with Crippen molar-refractivity contribution >= 4 is 17.9 Å². The second-order valence-electron chi connectivity index (χ2n) is 15.7. The van der Waals surface area contributed by atoms with Crippen LogP contribution in [0, 0.1) is 5.92 Å². The Morgan fingerprint density at radius 2 is 1.26 bits per heavy atom. The molecular weight excluding hydrogens is 729 g/mol. The zero-order chi connectivity index (χ0) is 40.2. The zero-order valence-electron chi connectivity index (χ0n) is 33.7. The number of aromatic amines is 2. The van der Waals surface area contributed by atoms with E-state index >= 15 is 0 Å². The second-order valence-corrected chi connectivity index (χ2v) is 15.7. The van der Waals surface area contributed by atoms with Gasteiger partial charge >= 0.3 is 6.09 Å². The van der Waals surface area contributed by atoms with Crippen LogP contribution >= 0.6 is 0 Å². The molecule has 0 spiro atoms. The van der Waals surface area contributed by atoms with Crippen molar-refractivity contribution in [3.05, 3.63) is 108 Å². The molecule has 8 rings (SSSR count). The van der Waals surface area contributed by atoms with Crippen molar-refractivity contribution in [2.24, 2.45) is 5.92 Å². The van der Waals surface area contributed by atoms with Gasteiger partial charge in [-0.2, -0.15) is 0 Å². The van der Waals surface area contributed by atoms with Crippen LogP contribution in [-0.4, -0.2) is 91.9 Å². The summed E-state index contributed by atoms with van der Waals surface area (Å²) in [6, 6.07) is 26.3. The molecule has 3 fully saturated rings. The monoisotopic (exact) mass is 782 g/mol. The summed E-state index contributed by atoms with van der Waals surface area (Å²) in [5, 5.41) is 2.87. The van der Waals surface area contributed by atoms with Crippen LogP contribution in [0.4, 0.5) is 4.79 Å². The molecule has 3 aromatic carbocycles. The van der Waals surface area contributed by atoms with Gasteiger partial charge in [-0.3, -0.25) is 14.5 Å². The SMILES string of the molecule is CCN(CC)[C@@H](C(=O)N1CCC[C@H]1c1ncc(-c2ccc(-c3ccc(-c4cnc([C@@H]5CCCN5C(=O)[C@@H]5CCC[C@H]5NC(=O)OC)[nH]4)cc3)cc2)[nH]1)c1ccccc1. The highest BCUT2D eigenvalue weighted by atomic mass is 16.5. The Balaban J connectivity index is 0.918. The molecule has 0 radical (unpaired) electrons. The number of ether oxygens (including phenoxy) is 1. The molecule has 2 aliphatic heterocycles. The number of methoxy groups -OCH3 is 1. The minimum absolute atomic E-state index is 0.0817. The van der Waals surface area contributed by atoms with Crippen LogP contribution in [0.3, 0.4) is 0 Å². The molecule has 1 aliphatic carbocycles. The molecule has 1 saturated carbocycles. The molecule has 3 N–H and O–H groups in total. The van der Waals surface area contributed by atoms with E-state index in [0.29, 0.717) is 6.54 Å². The first-order chi connectivity index (χ1) is 28.4. The fraction of sp³-hybridized carbons (Fsp3) is 0.413. The largest absolute Gasteiger partial charge is 0.453 e. The summed E-state index contributed by atoms with van der Waals surface area (Å²) in [4.78, 5) is 62.7. The lowest BCUT2D eigenvalue weighted by atomic mass is 10.0. The number of rotatable bonds is 12. The number of likely N-dealkylation sites (tertiary alicyclic amines) is 2. The molecule has 3 aliphatic rings. The third-order valence-corrected chi connectivity index (χ3v) is 12.5. The molecule has 3 amide bonds. The topological polar surface area (TPSA) is 140 Å². The van der Waals surface area contributed by atoms with Gasteiger partial charge in [-0.25, -0.2) is 14.8 Å². The Hall–Kier alpha value is -5.75. The summed E-state index contributed by atoms with van der Waals surface area (Å²) in [6.45, 7) is 7.22. The third-order valence-electron chi connectivity index (χ3n) is 12.5. The lowest BCUT2D eigenvalue weighted by Gasteiger charge is -2.34. The standard InChI is InChI=1S/C46H54N8O4/c1-4-52(5-2)41(34-12-7-6-8-13-34)45(56)54-27-11-17-40(54)43-48-29-38(50-43)33-24-20-31(21-25-33)30-18-22-32(23-19-30)37-28-47-42(49-37)39-16-10-26-53(39)44(55)35-14-9-15-36(35)51-46(57)58-3/h6-8,12-13,18-25,28-29,35-36,39-41H,4-5,9-11,14-17,26-27H2,1-3H3,(H,47,49)(H,48,50)(H,51,57)/t35-,36-,39+,40+,41-/m1/s1. The van der Waals surface area contributed by atoms with Crippen LogP contribution in [0.25, 0.3) is 33.6 Å². The number of hydrogen-bond donors (Lipinski definition) is 3. The summed E-state index contributed by atoms with van der Waals surface area (Å²) in [5.41, 5.74) is 7.11. The molecule has 0 unspecified atom stereocenters. The average molecular weight is 783 g/mol. The Morgan fingerprint density at radius 1 is 0.724 bits per heavy atom. The maximum atomic E-state index is 14.2. The molecule has 5 atom stereocenters. The predicted molar refractivity (Wildman–Crippen MR) is 223 cm³/mol. The van der Waals surface area contributed by atoms with E-state index in [0.717, 1.165) is 115 Å². The highest BCUT2D eigenvalue weighted by molar-refractivity contribution is 5.84. The number of nitrogens with zero attached hydrogens (tertiary/aromatic N) is 5. The van der Waals surface area contributed by atoms with Gasteiger partial charge in [0.25, 0.3) is 0 Å². The number of amides is 3. The van der Waals surface area contributed by atoms with E-state index < -0.39 is 6.09 Å². The third kappa shape index (κ3) is 7.90. The van der Waals surface area contributed by atoms with Gasteiger partial charge in [-0.05, 0) is 79.4 Å². The van der Waals surface area contributed by atoms with Crippen molar-refractivity contribution in [2.75, 3.05) is 33.3 Å². The minimum atomic E-state index is -0.490. The molecule has 2 aromatic heterocycles. The van der Waals surface area contributed by atoms with Gasteiger partial charge in [0.2, 0.25) is 11.8 Å². The van der Waals surface area contributed by atoms with E-state index in [1.165, 1.54) is 7.11 Å². The van der Waals surface area contributed by atoms with Gasteiger partial charge in [0.1, 0.15) is 17.7 Å². The molecule has 2 saturated heterocycles. The van der Waals surface area contributed by atoms with Gasteiger partial charge < -0.3 is 29.8 Å². The number of carbonyl (C=O) groups excluding carboxylic acids is 3. The maximum Gasteiger partial charge on any atom is 0.407 e. The molecule has 4 heterocycles. The molecular formula is C46H54N8O4. The van der Waals surface area contributed by atoms with E-state index in [1.54, 1.807) is 0 Å². The van der Waals surface area contributed by atoms with Crippen LogP contribution in [0.2, 0.25) is 0 Å². The van der Waals surface area contributed by atoms with Crippen LogP contribution in [0.15, 0.2) is 91.3 Å². The average Bonchev–Trinajstić information content (AvgIpc) is 4.12. The Morgan fingerprint density at radius 3 is 1.81 bits per heavy atom. The van der Waals surface area contributed by atoms with Crippen molar-refractivity contribution < 1.29 is 19.1 Å². The number of carbonyl (C=O) groups is 3. The Labute approximate surface area is 340 Å². The van der Waals surface area contributed by atoms with Crippen LogP contribution in [0.1, 0.15) is 94.1 Å². The minimum Gasteiger partial charge on any atom is -0.453 e. The summed E-state index contributed by atoms with van der Waals surface area (Å²) < 4.78 is 4.80. The number of nitrogens with one attached hydrogen (secondary N) is 3. The maximum absolute atomic E-state index is 14.2. The highest BCUT2D eigenvalue weighted by Gasteiger charge is 2.42. The van der Waals surface area contributed by atoms with Crippen molar-refractivity contribution in [1.82, 2.24) is 40.0 Å². The van der Waals surface area contributed by atoms with Crippen molar-refractivity contribution in [1.29, 1.82) is 0 Å². The normalized spacial score (nSPS) is 21.1. The summed E-state index contributed by atoms with van der Waals surface area (Å²) in [6.07, 6.45) is 9.26. The lowest BCUT2D eigenvalue weighted by molar-refractivity contribution is -0.138. The second kappa shape index (κ2) is 17.4. The fourth-order valence-corrected chi connectivity index (χ4v) is 9.36. The van der Waals surface area contributed by atoms with E-state index in [-0.39, 0.29) is 41.9 Å². The fourth-order valence-electron chi connectivity index (χ4n) is 9.36. The molecule has 58 heavy (non-hydrogen) atoms. The first-order valence-electron chi connectivity index (χ1n) is 20.9. The predicted octanol–water partition coefficient (Wildman–Crippen LogP) is 8.07. The molecule has 12 heteroatoms. The lowest BCUT2D eigenvalue weighted by Crippen LogP contribution is -2.45. The molecule has 0 bridgehead atoms. The number of alkyl carbamates (subject to hydrolysis) is 1. The van der Waals surface area contributed by atoms with Gasteiger partial charge in [0.05, 0.1) is 48.9 Å². The molecule has 12 nitrogen and oxygen atoms in total. The van der Waals surface area contributed by atoms with Crippen LogP contribution < -0.4 is 5.32 Å². The van der Waals surface area contributed by atoms with Gasteiger partial charge in [0.15, 0.2) is 0 Å². The number of imidazole rings is 2. The number of benzene rings is 3. The molecule has 5 aromatic rings. The number of hydrogen-bond acceptors (Lipinski definition) is 7. The zero-order valence-corrected chi connectivity index (χ0v) is 33.7.